The van der Waals surface area contributed by atoms with Crippen LogP contribution in [0.4, 0.5) is 10.5 Å². The van der Waals surface area contributed by atoms with Crippen LogP contribution in [-0.4, -0.2) is 52.6 Å². The van der Waals surface area contributed by atoms with Crippen LogP contribution >= 0.6 is 0 Å². The molecule has 35 heavy (non-hydrogen) atoms. The van der Waals surface area contributed by atoms with E-state index >= 15 is 0 Å². The number of carbonyl (C=O) groups is 3. The number of aryl methyl sites for hydroxylation is 1. The lowest BCUT2D eigenvalue weighted by molar-refractivity contribution is -0.127. The van der Waals surface area contributed by atoms with Crippen molar-refractivity contribution in [2.75, 3.05) is 12.4 Å². The molecule has 0 fully saturated rings. The predicted molar refractivity (Wildman–Crippen MR) is 137 cm³/mol. The lowest BCUT2D eigenvalue weighted by atomic mass is 10.0. The first-order chi connectivity index (χ1) is 16.5. The lowest BCUT2D eigenvalue weighted by Crippen LogP contribution is -2.56. The molecule has 0 saturated carbocycles. The van der Waals surface area contributed by atoms with E-state index in [4.69, 9.17) is 4.74 Å². The van der Waals surface area contributed by atoms with Gasteiger partial charge in [-0.05, 0) is 70.4 Å². The summed E-state index contributed by atoms with van der Waals surface area (Å²) in [5, 5.41) is 15.3. The van der Waals surface area contributed by atoms with Gasteiger partial charge in [-0.3, -0.25) is 14.5 Å². The minimum absolute atomic E-state index is 0.343. The summed E-state index contributed by atoms with van der Waals surface area (Å²) in [7, 11) is 1.57. The Kier molecular flexibility index (Phi) is 9.87. The van der Waals surface area contributed by atoms with Crippen molar-refractivity contribution in [2.45, 2.75) is 58.2 Å². The number of ether oxygens (including phenoxy) is 1. The third-order valence-corrected chi connectivity index (χ3v) is 5.45. The quantitative estimate of drug-likeness (QED) is 0.434. The molecule has 2 aromatic carbocycles. The number of rotatable bonds is 10. The molecule has 0 bridgehead atoms. The molecule has 188 valence electrons. The molecule has 8 nitrogen and oxygen atoms in total. The van der Waals surface area contributed by atoms with Gasteiger partial charge in [0.25, 0.3) is 0 Å². The third kappa shape index (κ3) is 8.81. The zero-order valence-electron chi connectivity index (χ0n) is 20.9. The molecule has 8 heteroatoms. The Morgan fingerprint density at radius 1 is 1.06 bits per heavy atom. The number of methoxy groups -OCH3 is 1. The van der Waals surface area contributed by atoms with Gasteiger partial charge in [0.15, 0.2) is 0 Å². The number of carbonyl (C=O) groups excluding carboxylic acids is 2. The van der Waals surface area contributed by atoms with Crippen molar-refractivity contribution in [3.63, 3.8) is 0 Å². The summed E-state index contributed by atoms with van der Waals surface area (Å²) in [5.74, 6) is -0.0911. The molecule has 0 heterocycles. The highest BCUT2D eigenvalue weighted by Crippen LogP contribution is 2.18. The van der Waals surface area contributed by atoms with E-state index in [9.17, 15) is 19.5 Å². The van der Waals surface area contributed by atoms with Crippen LogP contribution in [0.2, 0.25) is 0 Å². The zero-order chi connectivity index (χ0) is 26.0. The van der Waals surface area contributed by atoms with E-state index in [0.717, 1.165) is 10.5 Å². The van der Waals surface area contributed by atoms with Crippen LogP contribution in [-0.2, 0) is 16.0 Å². The van der Waals surface area contributed by atoms with E-state index in [1.807, 2.05) is 30.3 Å². The summed E-state index contributed by atoms with van der Waals surface area (Å²) in [4.78, 5) is 38.4. The molecule has 0 aromatic heterocycles. The Balaban J connectivity index is 2.13. The monoisotopic (exact) mass is 481 g/mol. The minimum Gasteiger partial charge on any atom is -0.497 e. The van der Waals surface area contributed by atoms with Crippen molar-refractivity contribution >= 4 is 23.6 Å². The topological polar surface area (TPSA) is 108 Å². The SMILES string of the molecule is COc1ccc(NC(=O)/C=C/[C@H](CCc2ccccc2)NC(=O)[C@H](C)N(C(=O)O)C(C)(C)C)cc1. The van der Waals surface area contributed by atoms with Crippen LogP contribution in [0.25, 0.3) is 0 Å². The molecule has 0 aliphatic heterocycles. The number of carboxylic acid groups (broad SMARTS) is 1. The number of hydrogen-bond donors (Lipinski definition) is 3. The second-order valence-corrected chi connectivity index (χ2v) is 9.22. The van der Waals surface area contributed by atoms with Crippen LogP contribution in [0.5, 0.6) is 5.75 Å². The van der Waals surface area contributed by atoms with E-state index < -0.39 is 29.6 Å². The molecule has 2 atom stereocenters. The number of nitrogens with one attached hydrogen (secondary N) is 2. The first-order valence-corrected chi connectivity index (χ1v) is 11.5. The Bertz CT molecular complexity index is 1010. The molecule has 0 aliphatic carbocycles. The molecular formula is C27H35N3O5. The summed E-state index contributed by atoms with van der Waals surface area (Å²) in [6, 6.07) is 15.4. The molecule has 0 spiro atoms. The molecule has 0 aliphatic rings. The van der Waals surface area contributed by atoms with Crippen molar-refractivity contribution < 1.29 is 24.2 Å². The Morgan fingerprint density at radius 2 is 1.69 bits per heavy atom. The molecule has 2 rings (SSSR count). The van der Waals surface area contributed by atoms with Gasteiger partial charge in [0.2, 0.25) is 11.8 Å². The highest BCUT2D eigenvalue weighted by atomic mass is 16.5. The summed E-state index contributed by atoms with van der Waals surface area (Å²) < 4.78 is 5.12. The normalized spacial score (nSPS) is 13.1. The second kappa shape index (κ2) is 12.6. The molecule has 3 amide bonds. The maximum Gasteiger partial charge on any atom is 0.408 e. The van der Waals surface area contributed by atoms with Crippen molar-refractivity contribution in [1.82, 2.24) is 10.2 Å². The Hall–Kier alpha value is -3.81. The van der Waals surface area contributed by atoms with Gasteiger partial charge in [0.05, 0.1) is 7.11 Å². The largest absolute Gasteiger partial charge is 0.497 e. The van der Waals surface area contributed by atoms with Crippen LogP contribution in [0.1, 0.15) is 39.7 Å². The van der Waals surface area contributed by atoms with E-state index in [0.29, 0.717) is 24.3 Å². The fourth-order valence-electron chi connectivity index (χ4n) is 3.70. The van der Waals surface area contributed by atoms with Gasteiger partial charge >= 0.3 is 6.09 Å². The Labute approximate surface area is 207 Å². The molecule has 0 unspecified atom stereocenters. The van der Waals surface area contributed by atoms with E-state index in [1.54, 1.807) is 65.1 Å². The van der Waals surface area contributed by atoms with Gasteiger partial charge < -0.3 is 20.5 Å². The fourth-order valence-corrected chi connectivity index (χ4v) is 3.70. The van der Waals surface area contributed by atoms with Gasteiger partial charge in [0, 0.05) is 23.3 Å². The summed E-state index contributed by atoms with van der Waals surface area (Å²) in [6.45, 7) is 6.77. The minimum atomic E-state index is -1.17. The van der Waals surface area contributed by atoms with Crippen LogP contribution in [0, 0.1) is 0 Å². The van der Waals surface area contributed by atoms with Gasteiger partial charge in [-0.25, -0.2) is 4.79 Å². The van der Waals surface area contributed by atoms with Gasteiger partial charge in [-0.15, -0.1) is 0 Å². The van der Waals surface area contributed by atoms with Crippen molar-refractivity contribution in [3.05, 3.63) is 72.3 Å². The maximum atomic E-state index is 13.0. The van der Waals surface area contributed by atoms with Crippen LogP contribution in [0.15, 0.2) is 66.7 Å². The first-order valence-electron chi connectivity index (χ1n) is 11.5. The number of nitrogens with zero attached hydrogens (tertiary/aromatic N) is 1. The number of hydrogen-bond acceptors (Lipinski definition) is 4. The van der Waals surface area contributed by atoms with Crippen LogP contribution < -0.4 is 15.4 Å². The lowest BCUT2D eigenvalue weighted by Gasteiger charge is -2.37. The average molecular weight is 482 g/mol. The van der Waals surface area contributed by atoms with E-state index in [1.165, 1.54) is 6.08 Å². The molecule has 0 radical (unpaired) electrons. The summed E-state index contributed by atoms with van der Waals surface area (Å²) in [5.41, 5.74) is 0.954. The fraction of sp³-hybridized carbons (Fsp3) is 0.370. The summed E-state index contributed by atoms with van der Waals surface area (Å²) >= 11 is 0. The van der Waals surface area contributed by atoms with E-state index in [2.05, 4.69) is 10.6 Å². The second-order valence-electron chi connectivity index (χ2n) is 9.22. The number of benzene rings is 2. The van der Waals surface area contributed by atoms with E-state index in [-0.39, 0.29) is 5.91 Å². The predicted octanol–water partition coefficient (Wildman–Crippen LogP) is 4.47. The molecule has 2 aromatic rings. The van der Waals surface area contributed by atoms with Crippen molar-refractivity contribution in [1.29, 1.82) is 0 Å². The maximum absolute atomic E-state index is 13.0. The van der Waals surface area contributed by atoms with Gasteiger partial charge in [-0.2, -0.15) is 0 Å². The highest BCUT2D eigenvalue weighted by Gasteiger charge is 2.35. The first kappa shape index (κ1) is 27.4. The van der Waals surface area contributed by atoms with Crippen LogP contribution in [0.3, 0.4) is 0 Å². The molecule has 3 N–H and O–H groups in total. The molecular weight excluding hydrogens is 446 g/mol. The summed E-state index contributed by atoms with van der Waals surface area (Å²) in [6.07, 6.45) is 3.05. The molecule has 0 saturated heterocycles. The standard InChI is InChI=1S/C27H35N3O5/c1-19(30(26(33)34)27(2,3)4)25(32)29-22(12-11-20-9-7-6-8-10-20)15-18-24(31)28-21-13-16-23(35-5)17-14-21/h6-10,13-19,22H,11-12H2,1-5H3,(H,28,31)(H,29,32)(H,33,34)/b18-15+/t19-,22-/m0/s1. The number of amides is 3. The smallest absolute Gasteiger partial charge is 0.408 e. The Morgan fingerprint density at radius 3 is 2.23 bits per heavy atom. The highest BCUT2D eigenvalue weighted by molar-refractivity contribution is 5.99. The van der Waals surface area contributed by atoms with Crippen molar-refractivity contribution in [2.24, 2.45) is 0 Å². The van der Waals surface area contributed by atoms with Gasteiger partial charge in [-0.1, -0.05) is 36.4 Å². The van der Waals surface area contributed by atoms with Gasteiger partial charge in [0.1, 0.15) is 11.8 Å². The van der Waals surface area contributed by atoms with Crippen molar-refractivity contribution in [3.8, 4) is 5.75 Å². The number of anilines is 1. The average Bonchev–Trinajstić information content (AvgIpc) is 2.80. The third-order valence-electron chi connectivity index (χ3n) is 5.45. The zero-order valence-corrected chi connectivity index (χ0v) is 20.9.